The zero-order chi connectivity index (χ0) is 16.8. The number of nitrogens with one attached hydrogen (secondary N) is 1. The van der Waals surface area contributed by atoms with E-state index in [0.717, 1.165) is 5.56 Å². The van der Waals surface area contributed by atoms with E-state index in [1.165, 1.54) is 18.2 Å². The molecular formula is C18H14N2O3. The van der Waals surface area contributed by atoms with Crippen LogP contribution in [0.3, 0.4) is 0 Å². The van der Waals surface area contributed by atoms with Crippen LogP contribution in [0.25, 0.3) is 6.08 Å². The minimum absolute atomic E-state index is 0.0614. The molecule has 0 aliphatic carbocycles. The van der Waals surface area contributed by atoms with E-state index in [1.807, 2.05) is 25.1 Å². The third-order valence-corrected chi connectivity index (χ3v) is 3.14. The fraction of sp³-hybridized carbons (Fsp3) is 0.0556. The zero-order valence-electron chi connectivity index (χ0n) is 12.4. The van der Waals surface area contributed by atoms with Gasteiger partial charge in [0.05, 0.1) is 5.56 Å². The molecule has 114 valence electrons. The van der Waals surface area contributed by atoms with Crippen LogP contribution in [0, 0.1) is 18.3 Å². The van der Waals surface area contributed by atoms with Gasteiger partial charge in [-0.3, -0.25) is 4.79 Å². The molecule has 0 fully saturated rings. The van der Waals surface area contributed by atoms with Crippen LogP contribution in [0.15, 0.2) is 54.1 Å². The zero-order valence-corrected chi connectivity index (χ0v) is 12.4. The standard InChI is InChI=1S/C18H14N2O3/c1-12-2-8-16(9-3-12)20-17(21)15(11-19)10-13-4-6-14(7-5-13)18(22)23/h2-10H,1H3,(H,20,21)(H,22,23)/b15-10+. The Hall–Kier alpha value is -3.39. The lowest BCUT2D eigenvalue weighted by Crippen LogP contribution is -2.13. The van der Waals surface area contributed by atoms with E-state index in [4.69, 9.17) is 10.4 Å². The first-order valence-corrected chi connectivity index (χ1v) is 6.83. The molecule has 5 heteroatoms. The number of benzene rings is 2. The minimum Gasteiger partial charge on any atom is -0.478 e. The van der Waals surface area contributed by atoms with Gasteiger partial charge in [-0.2, -0.15) is 5.26 Å². The van der Waals surface area contributed by atoms with E-state index in [2.05, 4.69) is 5.32 Å². The molecule has 0 saturated heterocycles. The van der Waals surface area contributed by atoms with Gasteiger partial charge in [0.25, 0.3) is 5.91 Å². The molecule has 2 aromatic carbocycles. The Bertz CT molecular complexity index is 798. The highest BCUT2D eigenvalue weighted by molar-refractivity contribution is 6.09. The predicted octanol–water partition coefficient (Wildman–Crippen LogP) is 3.24. The first-order chi connectivity index (χ1) is 11.0. The van der Waals surface area contributed by atoms with E-state index in [9.17, 15) is 9.59 Å². The lowest BCUT2D eigenvalue weighted by Gasteiger charge is -2.04. The highest BCUT2D eigenvalue weighted by Gasteiger charge is 2.10. The first kappa shape index (κ1) is 16.0. The van der Waals surface area contributed by atoms with Crippen molar-refractivity contribution in [1.82, 2.24) is 0 Å². The predicted molar refractivity (Wildman–Crippen MR) is 86.8 cm³/mol. The fourth-order valence-electron chi connectivity index (χ4n) is 1.87. The summed E-state index contributed by atoms with van der Waals surface area (Å²) in [7, 11) is 0. The number of nitrogens with zero attached hydrogens (tertiary/aromatic N) is 1. The van der Waals surface area contributed by atoms with Gasteiger partial charge < -0.3 is 10.4 Å². The number of carbonyl (C=O) groups is 2. The van der Waals surface area contributed by atoms with Crippen LogP contribution in [0.2, 0.25) is 0 Å². The van der Waals surface area contributed by atoms with Gasteiger partial charge >= 0.3 is 5.97 Å². The summed E-state index contributed by atoms with van der Waals surface area (Å²) in [6.45, 7) is 1.94. The molecule has 0 aliphatic heterocycles. The molecule has 0 aliphatic rings. The third kappa shape index (κ3) is 4.29. The Morgan fingerprint density at radius 1 is 1.09 bits per heavy atom. The molecule has 0 radical (unpaired) electrons. The number of aromatic carboxylic acids is 1. The monoisotopic (exact) mass is 306 g/mol. The van der Waals surface area contributed by atoms with Crippen molar-refractivity contribution in [1.29, 1.82) is 5.26 Å². The van der Waals surface area contributed by atoms with Crippen molar-refractivity contribution < 1.29 is 14.7 Å². The number of carbonyl (C=O) groups excluding carboxylic acids is 1. The Kier molecular flexibility index (Phi) is 4.90. The maximum absolute atomic E-state index is 12.1. The smallest absolute Gasteiger partial charge is 0.335 e. The number of hydrogen-bond donors (Lipinski definition) is 2. The number of carboxylic acids is 1. The van der Waals surface area contributed by atoms with Gasteiger partial charge in [-0.15, -0.1) is 0 Å². The molecule has 23 heavy (non-hydrogen) atoms. The maximum atomic E-state index is 12.1. The maximum Gasteiger partial charge on any atom is 0.335 e. The Labute approximate surface area is 133 Å². The van der Waals surface area contributed by atoms with Crippen LogP contribution in [0.4, 0.5) is 5.69 Å². The van der Waals surface area contributed by atoms with Gasteiger partial charge in [0.15, 0.2) is 0 Å². The molecule has 0 spiro atoms. The fourth-order valence-corrected chi connectivity index (χ4v) is 1.87. The average Bonchev–Trinajstić information content (AvgIpc) is 2.55. The van der Waals surface area contributed by atoms with E-state index in [-0.39, 0.29) is 11.1 Å². The van der Waals surface area contributed by atoms with Crippen molar-refractivity contribution in [2.75, 3.05) is 5.32 Å². The van der Waals surface area contributed by atoms with Gasteiger partial charge in [0, 0.05) is 5.69 Å². The summed E-state index contributed by atoms with van der Waals surface area (Å²) in [5, 5.41) is 20.6. The third-order valence-electron chi connectivity index (χ3n) is 3.14. The average molecular weight is 306 g/mol. The highest BCUT2D eigenvalue weighted by Crippen LogP contribution is 2.13. The topological polar surface area (TPSA) is 90.2 Å². The molecule has 0 heterocycles. The quantitative estimate of drug-likeness (QED) is 0.670. The second kappa shape index (κ2) is 7.05. The Balaban J connectivity index is 2.17. The van der Waals surface area contributed by atoms with Crippen molar-refractivity contribution in [3.63, 3.8) is 0 Å². The molecule has 1 amide bonds. The summed E-state index contributed by atoms with van der Waals surface area (Å²) in [6.07, 6.45) is 1.41. The van der Waals surface area contributed by atoms with Crippen molar-refractivity contribution in [3.05, 3.63) is 70.8 Å². The molecule has 0 aromatic heterocycles. The SMILES string of the molecule is Cc1ccc(NC(=O)/C(C#N)=C/c2ccc(C(=O)O)cc2)cc1. The number of hydrogen-bond acceptors (Lipinski definition) is 3. The van der Waals surface area contributed by atoms with Gasteiger partial charge in [-0.25, -0.2) is 4.79 Å². The number of carboxylic acid groups (broad SMARTS) is 1. The number of rotatable bonds is 4. The van der Waals surface area contributed by atoms with E-state index < -0.39 is 11.9 Å². The van der Waals surface area contributed by atoms with E-state index >= 15 is 0 Å². The number of amides is 1. The van der Waals surface area contributed by atoms with Crippen LogP contribution in [0.1, 0.15) is 21.5 Å². The summed E-state index contributed by atoms with van der Waals surface area (Å²) in [4.78, 5) is 22.9. The lowest BCUT2D eigenvalue weighted by atomic mass is 10.1. The van der Waals surface area contributed by atoms with Crippen LogP contribution in [-0.2, 0) is 4.79 Å². The largest absolute Gasteiger partial charge is 0.478 e. The second-order valence-corrected chi connectivity index (χ2v) is 4.92. The number of anilines is 1. The molecule has 2 N–H and O–H groups in total. The van der Waals surface area contributed by atoms with Crippen LogP contribution in [0.5, 0.6) is 0 Å². The second-order valence-electron chi connectivity index (χ2n) is 4.92. The highest BCUT2D eigenvalue weighted by atomic mass is 16.4. The van der Waals surface area contributed by atoms with Gasteiger partial charge in [0.2, 0.25) is 0 Å². The molecule has 0 bridgehead atoms. The minimum atomic E-state index is -1.03. The summed E-state index contributed by atoms with van der Waals surface area (Å²) in [5.41, 5.74) is 2.32. The van der Waals surface area contributed by atoms with Crippen LogP contribution >= 0.6 is 0 Å². The van der Waals surface area contributed by atoms with Gasteiger partial charge in [-0.1, -0.05) is 29.8 Å². The van der Waals surface area contributed by atoms with E-state index in [0.29, 0.717) is 11.3 Å². The molecule has 2 aromatic rings. The summed E-state index contributed by atoms with van der Waals surface area (Å²) < 4.78 is 0. The van der Waals surface area contributed by atoms with Crippen molar-refractivity contribution in [2.45, 2.75) is 6.92 Å². The first-order valence-electron chi connectivity index (χ1n) is 6.83. The number of nitriles is 1. The molecule has 0 atom stereocenters. The number of aryl methyl sites for hydroxylation is 1. The van der Waals surface area contributed by atoms with Crippen molar-refractivity contribution >= 4 is 23.6 Å². The lowest BCUT2D eigenvalue weighted by molar-refractivity contribution is -0.112. The molecular weight excluding hydrogens is 292 g/mol. The molecule has 5 nitrogen and oxygen atoms in total. The summed E-state index contributed by atoms with van der Waals surface area (Å²) in [5.74, 6) is -1.54. The van der Waals surface area contributed by atoms with Gasteiger partial charge in [0.1, 0.15) is 11.6 Å². The van der Waals surface area contributed by atoms with E-state index in [1.54, 1.807) is 24.3 Å². The molecule has 0 saturated carbocycles. The Morgan fingerprint density at radius 3 is 2.22 bits per heavy atom. The Morgan fingerprint density at radius 2 is 1.70 bits per heavy atom. The van der Waals surface area contributed by atoms with Crippen LogP contribution in [-0.4, -0.2) is 17.0 Å². The molecule has 2 rings (SSSR count). The summed E-state index contributed by atoms with van der Waals surface area (Å²) in [6, 6.07) is 15.0. The van der Waals surface area contributed by atoms with Crippen molar-refractivity contribution in [2.24, 2.45) is 0 Å². The van der Waals surface area contributed by atoms with Gasteiger partial charge in [-0.05, 0) is 42.8 Å². The normalized spacial score (nSPS) is 10.7. The van der Waals surface area contributed by atoms with Crippen LogP contribution < -0.4 is 5.32 Å². The molecule has 0 unspecified atom stereocenters. The summed E-state index contributed by atoms with van der Waals surface area (Å²) >= 11 is 0. The van der Waals surface area contributed by atoms with Crippen molar-refractivity contribution in [3.8, 4) is 6.07 Å².